The van der Waals surface area contributed by atoms with Gasteiger partial charge in [0.15, 0.2) is 0 Å². The van der Waals surface area contributed by atoms with Crippen LogP contribution in [0, 0.1) is 11.8 Å². The number of carbonyl (C=O) groups excluding carboxylic acids is 1. The molecule has 8 nitrogen and oxygen atoms in total. The Kier molecular flexibility index (Phi) is 14.6. The topological polar surface area (TPSA) is 95.5 Å². The van der Waals surface area contributed by atoms with Crippen LogP contribution >= 0.6 is 0 Å². The molecule has 0 fully saturated rings. The van der Waals surface area contributed by atoms with E-state index in [2.05, 4.69) is 19.2 Å². The minimum absolute atomic E-state index is 0.0678. The molecule has 0 spiro atoms. The van der Waals surface area contributed by atoms with Gasteiger partial charge in [0.25, 0.3) is 5.91 Å². The molecule has 0 aromatic heterocycles. The van der Waals surface area contributed by atoms with Gasteiger partial charge in [-0.2, -0.15) is 0 Å². The Balaban J connectivity index is 1.97. The van der Waals surface area contributed by atoms with E-state index in [0.29, 0.717) is 36.5 Å². The van der Waals surface area contributed by atoms with Gasteiger partial charge in [0, 0.05) is 44.6 Å². The first-order valence-corrected chi connectivity index (χ1v) is 15.5. The summed E-state index contributed by atoms with van der Waals surface area (Å²) in [5.41, 5.74) is 4.19. The second-order valence-corrected chi connectivity index (χ2v) is 11.9. The Bertz CT molecular complexity index is 1230. The number of rotatable bonds is 8. The molecule has 44 heavy (non-hydrogen) atoms. The quantitative estimate of drug-likeness (QED) is 0.261. The molecule has 1 heterocycles. The molecule has 0 radical (unpaired) electrons. The lowest BCUT2D eigenvalue weighted by Gasteiger charge is -2.32. The predicted molar refractivity (Wildman–Crippen MR) is 174 cm³/mol. The monoisotopic (exact) mass is 609 g/mol. The van der Waals surface area contributed by atoms with Gasteiger partial charge in [0.05, 0.1) is 18.3 Å². The molecule has 0 aliphatic carbocycles. The summed E-state index contributed by atoms with van der Waals surface area (Å²) in [5, 5.41) is 14.2. The Labute approximate surface area is 263 Å². The van der Waals surface area contributed by atoms with E-state index in [-0.39, 0.29) is 36.7 Å². The van der Waals surface area contributed by atoms with Crippen molar-refractivity contribution < 1.29 is 33.6 Å². The van der Waals surface area contributed by atoms with E-state index in [1.54, 1.807) is 28.3 Å². The second kappa shape index (κ2) is 18.1. The van der Waals surface area contributed by atoms with Crippen LogP contribution in [0.3, 0.4) is 0 Å². The van der Waals surface area contributed by atoms with Crippen molar-refractivity contribution in [1.29, 1.82) is 0 Å². The average molecular weight is 610 g/mol. The largest absolute Gasteiger partial charge is 0.489 e. The number of nitrogens with one attached hydrogen (secondary N) is 1. The summed E-state index contributed by atoms with van der Waals surface area (Å²) >= 11 is 0. The molecule has 2 N–H and O–H groups in total. The third kappa shape index (κ3) is 10.9. The van der Waals surface area contributed by atoms with Crippen LogP contribution < -0.4 is 10.1 Å². The van der Waals surface area contributed by atoms with Crippen molar-refractivity contribution in [2.24, 2.45) is 11.8 Å². The molecule has 0 saturated heterocycles. The van der Waals surface area contributed by atoms with Crippen LogP contribution in [0.2, 0.25) is 0 Å². The van der Waals surface area contributed by atoms with Crippen molar-refractivity contribution in [3.8, 4) is 5.75 Å². The Morgan fingerprint density at radius 2 is 1.70 bits per heavy atom. The Morgan fingerprint density at radius 1 is 0.977 bits per heavy atom. The number of ether oxygens (including phenoxy) is 5. The van der Waals surface area contributed by atoms with E-state index in [1.165, 1.54) is 0 Å². The van der Waals surface area contributed by atoms with Gasteiger partial charge in [0.2, 0.25) is 0 Å². The molecule has 2 bridgehead atoms. The van der Waals surface area contributed by atoms with Crippen molar-refractivity contribution in [3.63, 3.8) is 0 Å². The third-order valence-corrected chi connectivity index (χ3v) is 8.16. The Hall–Kier alpha value is -3.01. The third-order valence-electron chi connectivity index (χ3n) is 8.16. The van der Waals surface area contributed by atoms with Gasteiger partial charge in [-0.05, 0) is 74.3 Å². The zero-order valence-corrected chi connectivity index (χ0v) is 27.4. The lowest BCUT2D eigenvalue weighted by molar-refractivity contribution is -0.136. The number of hydrogen-bond donors (Lipinski definition) is 2. The van der Waals surface area contributed by atoms with E-state index in [9.17, 15) is 9.90 Å². The fourth-order valence-electron chi connectivity index (χ4n) is 5.76. The van der Waals surface area contributed by atoms with Gasteiger partial charge in [-0.3, -0.25) is 4.79 Å². The van der Waals surface area contributed by atoms with Crippen LogP contribution in [0.5, 0.6) is 5.75 Å². The zero-order chi connectivity index (χ0) is 32.1. The number of anilines is 1. The molecule has 0 saturated carbocycles. The van der Waals surface area contributed by atoms with Crippen LogP contribution in [-0.4, -0.2) is 63.6 Å². The summed E-state index contributed by atoms with van der Waals surface area (Å²) in [4.78, 5) is 13.2. The summed E-state index contributed by atoms with van der Waals surface area (Å²) in [7, 11) is 4.91. The van der Waals surface area contributed by atoms with Crippen molar-refractivity contribution in [2.75, 3.05) is 33.4 Å². The van der Waals surface area contributed by atoms with E-state index in [0.717, 1.165) is 29.5 Å². The van der Waals surface area contributed by atoms with Crippen molar-refractivity contribution in [3.05, 3.63) is 83.0 Å². The fraction of sp³-hybridized carbons (Fsp3) is 0.528. The van der Waals surface area contributed by atoms with E-state index in [1.807, 2.05) is 67.6 Å². The molecule has 1 amide bonds. The normalized spacial score (nSPS) is 28.3. The molecular formula is C36H51NO7. The minimum atomic E-state index is -0.800. The lowest BCUT2D eigenvalue weighted by Crippen LogP contribution is -2.38. The van der Waals surface area contributed by atoms with E-state index in [4.69, 9.17) is 23.7 Å². The average Bonchev–Trinajstić information content (AvgIpc) is 3.01. The first-order valence-electron chi connectivity index (χ1n) is 15.5. The van der Waals surface area contributed by atoms with Crippen LogP contribution in [0.25, 0.3) is 0 Å². The smallest absolute Gasteiger partial charge is 0.250 e. The number of benzene rings is 2. The van der Waals surface area contributed by atoms with Crippen molar-refractivity contribution in [1.82, 2.24) is 0 Å². The maximum Gasteiger partial charge on any atom is 0.250 e. The minimum Gasteiger partial charge on any atom is -0.489 e. The standard InChI is InChI=1S/C36H51NO7/c1-24-16-29-19-30(21-31(20-29)43-22-28-13-9-8-10-14-28)37-36(39)25(2)12-11-15-32(41-6)34(38)26(3)18-27(4)35(44-23-40-5)33(17-24)42-7/h8-10,12-14,18-21,24,27,32-35,38H,11,15-17,22-23H2,1-7H3,(H,37,39)/b25-12+,26-18+/t24-,27+,32+,33+,34+,35-/m1/s1. The number of fused-ring (bicyclic) bond motifs is 2. The van der Waals surface area contributed by atoms with Crippen molar-refractivity contribution in [2.45, 2.75) is 84.4 Å². The highest BCUT2D eigenvalue weighted by Crippen LogP contribution is 2.29. The maximum absolute atomic E-state index is 13.2. The summed E-state index contributed by atoms with van der Waals surface area (Å²) in [6.45, 7) is 8.52. The number of aliphatic hydroxyl groups excluding tert-OH is 1. The summed E-state index contributed by atoms with van der Waals surface area (Å²) < 4.78 is 29.3. The molecule has 0 unspecified atom stereocenters. The highest BCUT2D eigenvalue weighted by molar-refractivity contribution is 6.03. The predicted octanol–water partition coefficient (Wildman–Crippen LogP) is 6.48. The van der Waals surface area contributed by atoms with Gasteiger partial charge < -0.3 is 34.1 Å². The highest BCUT2D eigenvalue weighted by atomic mass is 16.7. The number of allylic oxidation sites excluding steroid dienone is 1. The first-order chi connectivity index (χ1) is 21.1. The summed E-state index contributed by atoms with van der Waals surface area (Å²) in [6, 6.07) is 15.9. The van der Waals surface area contributed by atoms with Gasteiger partial charge in [-0.1, -0.05) is 56.3 Å². The summed E-state index contributed by atoms with van der Waals surface area (Å²) in [5.74, 6) is 0.657. The number of amides is 1. The van der Waals surface area contributed by atoms with Crippen molar-refractivity contribution >= 4 is 11.6 Å². The zero-order valence-electron chi connectivity index (χ0n) is 27.4. The second-order valence-electron chi connectivity index (χ2n) is 11.9. The molecule has 2 aromatic rings. The molecule has 1 aliphatic heterocycles. The van der Waals surface area contributed by atoms with E-state index < -0.39 is 12.2 Å². The lowest BCUT2D eigenvalue weighted by atomic mass is 9.88. The molecule has 242 valence electrons. The van der Waals surface area contributed by atoms with Gasteiger partial charge >= 0.3 is 0 Å². The molecule has 6 atom stereocenters. The number of carbonyl (C=O) groups is 1. The van der Waals surface area contributed by atoms with E-state index >= 15 is 0 Å². The Morgan fingerprint density at radius 3 is 2.39 bits per heavy atom. The van der Waals surface area contributed by atoms with Gasteiger partial charge in [-0.15, -0.1) is 0 Å². The SMILES string of the molecule is COCO[C@H]1[C@@H](OC)C[C@H](C)Cc2cc(cc(OCc3ccccc3)c2)NC(=O)/C(C)=C/CC[C@H](OC)[C@@H](O)/C(C)=C/[C@@H]1C. The number of aliphatic hydroxyl groups is 1. The van der Waals surface area contributed by atoms with Crippen LogP contribution in [0.15, 0.2) is 71.8 Å². The molecule has 8 heteroatoms. The highest BCUT2D eigenvalue weighted by Gasteiger charge is 2.30. The van der Waals surface area contributed by atoms with Gasteiger partial charge in [-0.25, -0.2) is 0 Å². The first kappa shape index (κ1) is 35.5. The fourth-order valence-corrected chi connectivity index (χ4v) is 5.76. The number of hydrogen-bond acceptors (Lipinski definition) is 7. The molecular weight excluding hydrogens is 558 g/mol. The molecule has 2 aromatic carbocycles. The summed E-state index contributed by atoms with van der Waals surface area (Å²) in [6.07, 6.45) is 4.78. The number of methoxy groups -OCH3 is 3. The van der Waals surface area contributed by atoms with Crippen LogP contribution in [-0.2, 0) is 36.8 Å². The van der Waals surface area contributed by atoms with Crippen LogP contribution in [0.4, 0.5) is 5.69 Å². The van der Waals surface area contributed by atoms with Crippen LogP contribution in [0.1, 0.15) is 58.1 Å². The van der Waals surface area contributed by atoms with Gasteiger partial charge in [0.1, 0.15) is 25.3 Å². The molecule has 3 rings (SSSR count). The molecule has 1 aliphatic rings. The maximum atomic E-state index is 13.2.